The van der Waals surface area contributed by atoms with Gasteiger partial charge in [-0.3, -0.25) is 18.7 Å². The first-order chi connectivity index (χ1) is 12.3. The number of carbonyl (C=O) groups is 1. The predicted molar refractivity (Wildman–Crippen MR) is 103 cm³/mol. The number of hydrogen-bond donors (Lipinski definition) is 1. The monoisotopic (exact) mass is 379 g/mol. The molecule has 0 aliphatic heterocycles. The molecule has 26 heavy (non-hydrogen) atoms. The Bertz CT molecular complexity index is 933. The van der Waals surface area contributed by atoms with Gasteiger partial charge in [-0.05, 0) is 12.3 Å². The number of rotatable bonds is 7. The van der Waals surface area contributed by atoms with Crippen molar-refractivity contribution in [1.29, 1.82) is 0 Å². The minimum atomic E-state index is -0.448. The molecule has 0 aliphatic carbocycles. The second kappa shape index (κ2) is 8.48. The highest BCUT2D eigenvalue weighted by molar-refractivity contribution is 8.00. The summed E-state index contributed by atoms with van der Waals surface area (Å²) in [7, 11) is 3.01. The first kappa shape index (κ1) is 20.2. The van der Waals surface area contributed by atoms with Crippen molar-refractivity contribution >= 4 is 28.7 Å². The summed E-state index contributed by atoms with van der Waals surface area (Å²) in [5, 5.41) is 3.51. The molecule has 2 heterocycles. The third kappa shape index (κ3) is 4.32. The number of aromatic nitrogens is 4. The molecule has 0 unspecified atom stereocenters. The standard InChI is InChI=1S/C17H25N5O3S/c1-6-7-18-12(23)9-26-15-13-14(19-11(20-15)8-10(2)3)21(4)17(25)22(5)16(13)24/h10H,6-9H2,1-5H3,(H,18,23). The highest BCUT2D eigenvalue weighted by Gasteiger charge is 2.18. The van der Waals surface area contributed by atoms with Gasteiger partial charge in [0.25, 0.3) is 5.56 Å². The molecular weight excluding hydrogens is 354 g/mol. The molecule has 1 N–H and O–H groups in total. The van der Waals surface area contributed by atoms with Crippen molar-refractivity contribution in [3.63, 3.8) is 0 Å². The molecule has 9 heteroatoms. The van der Waals surface area contributed by atoms with Crippen LogP contribution in [0.2, 0.25) is 0 Å². The van der Waals surface area contributed by atoms with Crippen LogP contribution < -0.4 is 16.6 Å². The molecule has 8 nitrogen and oxygen atoms in total. The normalized spacial score (nSPS) is 11.3. The second-order valence-corrected chi connectivity index (χ2v) is 7.55. The Hall–Kier alpha value is -2.16. The van der Waals surface area contributed by atoms with Crippen molar-refractivity contribution in [2.24, 2.45) is 20.0 Å². The van der Waals surface area contributed by atoms with Crippen molar-refractivity contribution < 1.29 is 4.79 Å². The summed E-state index contributed by atoms with van der Waals surface area (Å²) in [4.78, 5) is 45.7. The van der Waals surface area contributed by atoms with Crippen LogP contribution in [0.5, 0.6) is 0 Å². The van der Waals surface area contributed by atoms with Crippen LogP contribution in [0.1, 0.15) is 33.0 Å². The van der Waals surface area contributed by atoms with Crippen molar-refractivity contribution in [1.82, 2.24) is 24.4 Å². The fraction of sp³-hybridized carbons (Fsp3) is 0.588. The van der Waals surface area contributed by atoms with E-state index in [2.05, 4.69) is 15.3 Å². The van der Waals surface area contributed by atoms with Gasteiger partial charge in [0.15, 0.2) is 5.65 Å². The Morgan fingerprint density at radius 2 is 1.88 bits per heavy atom. The van der Waals surface area contributed by atoms with Crippen molar-refractivity contribution in [3.05, 3.63) is 26.7 Å². The Kier molecular flexibility index (Phi) is 6.57. The van der Waals surface area contributed by atoms with Gasteiger partial charge in [0.1, 0.15) is 16.2 Å². The summed E-state index contributed by atoms with van der Waals surface area (Å²) in [6, 6.07) is 0. The van der Waals surface area contributed by atoms with E-state index in [1.807, 2.05) is 20.8 Å². The van der Waals surface area contributed by atoms with Gasteiger partial charge in [-0.2, -0.15) is 0 Å². The molecule has 0 saturated carbocycles. The maximum absolute atomic E-state index is 12.6. The molecule has 0 fully saturated rings. The fourth-order valence-corrected chi connectivity index (χ4v) is 3.34. The second-order valence-electron chi connectivity index (χ2n) is 6.59. The molecule has 2 aromatic rings. The van der Waals surface area contributed by atoms with Crippen molar-refractivity contribution in [2.75, 3.05) is 12.3 Å². The molecule has 142 valence electrons. The smallest absolute Gasteiger partial charge is 0.332 e. The third-order valence-corrected chi connectivity index (χ3v) is 4.79. The van der Waals surface area contributed by atoms with E-state index < -0.39 is 11.2 Å². The molecular formula is C17H25N5O3S. The van der Waals surface area contributed by atoms with Gasteiger partial charge in [-0.15, -0.1) is 0 Å². The van der Waals surface area contributed by atoms with E-state index in [1.165, 1.54) is 23.4 Å². The van der Waals surface area contributed by atoms with Gasteiger partial charge in [0, 0.05) is 27.1 Å². The molecule has 2 aromatic heterocycles. The van der Waals surface area contributed by atoms with Crippen LogP contribution in [0, 0.1) is 5.92 Å². The SMILES string of the molecule is CCCNC(=O)CSc1nc(CC(C)C)nc2c1c(=O)n(C)c(=O)n2C. The maximum Gasteiger partial charge on any atom is 0.332 e. The minimum absolute atomic E-state index is 0.115. The number of nitrogens with one attached hydrogen (secondary N) is 1. The Labute approximate surface area is 156 Å². The summed E-state index contributed by atoms with van der Waals surface area (Å²) in [5.74, 6) is 0.920. The van der Waals surface area contributed by atoms with E-state index in [0.717, 1.165) is 11.0 Å². The average molecular weight is 379 g/mol. The first-order valence-corrected chi connectivity index (χ1v) is 9.60. The van der Waals surface area contributed by atoms with E-state index in [9.17, 15) is 14.4 Å². The molecule has 0 radical (unpaired) electrons. The zero-order valence-corrected chi connectivity index (χ0v) is 16.6. The van der Waals surface area contributed by atoms with E-state index in [-0.39, 0.29) is 17.0 Å². The summed E-state index contributed by atoms with van der Waals surface area (Å²) < 4.78 is 2.39. The Balaban J connectivity index is 2.56. The lowest BCUT2D eigenvalue weighted by Gasteiger charge is -2.12. The summed E-state index contributed by atoms with van der Waals surface area (Å²) >= 11 is 1.20. The molecule has 0 saturated heterocycles. The van der Waals surface area contributed by atoms with Crippen LogP contribution in [0.3, 0.4) is 0 Å². The van der Waals surface area contributed by atoms with Gasteiger partial charge >= 0.3 is 5.69 Å². The number of carbonyl (C=O) groups excluding carboxylic acids is 1. The van der Waals surface area contributed by atoms with Crippen LogP contribution in [0.15, 0.2) is 14.6 Å². The quantitative estimate of drug-likeness (QED) is 0.565. The van der Waals surface area contributed by atoms with Gasteiger partial charge in [0.05, 0.1) is 5.75 Å². The predicted octanol–water partition coefficient (Wildman–Crippen LogP) is 0.844. The zero-order chi connectivity index (χ0) is 19.4. The number of thioether (sulfide) groups is 1. The molecule has 0 atom stereocenters. The van der Waals surface area contributed by atoms with Crippen LogP contribution in [-0.2, 0) is 25.3 Å². The molecule has 0 bridgehead atoms. The van der Waals surface area contributed by atoms with E-state index in [0.29, 0.717) is 35.4 Å². The zero-order valence-electron chi connectivity index (χ0n) is 15.8. The molecule has 1 amide bonds. The van der Waals surface area contributed by atoms with Crippen LogP contribution in [0.25, 0.3) is 11.0 Å². The Morgan fingerprint density at radius 1 is 1.19 bits per heavy atom. The van der Waals surface area contributed by atoms with E-state index >= 15 is 0 Å². The largest absolute Gasteiger partial charge is 0.355 e. The van der Waals surface area contributed by atoms with Gasteiger partial charge in [0.2, 0.25) is 5.91 Å². The van der Waals surface area contributed by atoms with Crippen LogP contribution in [-0.4, -0.2) is 37.3 Å². The number of fused-ring (bicyclic) bond motifs is 1. The molecule has 0 aliphatic rings. The molecule has 0 aromatic carbocycles. The van der Waals surface area contributed by atoms with Gasteiger partial charge in [-0.25, -0.2) is 14.8 Å². The highest BCUT2D eigenvalue weighted by atomic mass is 32.2. The van der Waals surface area contributed by atoms with Gasteiger partial charge < -0.3 is 5.32 Å². The van der Waals surface area contributed by atoms with Crippen molar-refractivity contribution in [2.45, 2.75) is 38.6 Å². The summed E-state index contributed by atoms with van der Waals surface area (Å²) in [5.41, 5.74) is -0.579. The van der Waals surface area contributed by atoms with E-state index in [1.54, 1.807) is 7.05 Å². The lowest BCUT2D eigenvalue weighted by Crippen LogP contribution is -2.38. The van der Waals surface area contributed by atoms with Crippen molar-refractivity contribution in [3.8, 4) is 0 Å². The number of hydrogen-bond acceptors (Lipinski definition) is 6. The molecule has 2 rings (SSSR count). The lowest BCUT2D eigenvalue weighted by atomic mass is 10.1. The lowest BCUT2D eigenvalue weighted by molar-refractivity contribution is -0.118. The highest BCUT2D eigenvalue weighted by Crippen LogP contribution is 2.22. The molecule has 0 spiro atoms. The van der Waals surface area contributed by atoms with Gasteiger partial charge in [-0.1, -0.05) is 32.5 Å². The number of aryl methyl sites for hydroxylation is 1. The fourth-order valence-electron chi connectivity index (χ4n) is 2.48. The van der Waals surface area contributed by atoms with E-state index in [4.69, 9.17) is 0 Å². The maximum atomic E-state index is 12.6. The average Bonchev–Trinajstić information content (AvgIpc) is 2.60. The van der Waals surface area contributed by atoms with Crippen LogP contribution in [0.4, 0.5) is 0 Å². The summed E-state index contributed by atoms with van der Waals surface area (Å²) in [6.45, 7) is 6.68. The topological polar surface area (TPSA) is 98.9 Å². The summed E-state index contributed by atoms with van der Waals surface area (Å²) in [6.07, 6.45) is 1.48. The first-order valence-electron chi connectivity index (χ1n) is 8.62. The number of nitrogens with zero attached hydrogens (tertiary/aromatic N) is 4. The third-order valence-electron chi connectivity index (χ3n) is 3.82. The Morgan fingerprint density at radius 3 is 2.50 bits per heavy atom. The number of amides is 1. The minimum Gasteiger partial charge on any atom is -0.355 e. The van der Waals surface area contributed by atoms with Crippen LogP contribution >= 0.6 is 11.8 Å².